The van der Waals surface area contributed by atoms with Crippen molar-refractivity contribution >= 4 is 23.2 Å². The molecule has 1 aliphatic rings. The zero-order chi connectivity index (χ0) is 20.1. The van der Waals surface area contributed by atoms with E-state index in [2.05, 4.69) is 24.5 Å². The molecule has 1 unspecified atom stereocenters. The fourth-order valence-electron chi connectivity index (χ4n) is 3.49. The number of nitrogens with one attached hydrogen (secondary N) is 2. The molecule has 0 spiro atoms. The molecule has 0 bridgehead atoms. The Labute approximate surface area is 164 Å². The number of hydrogen-bond donors (Lipinski definition) is 2. The number of benzene rings is 2. The molecule has 0 saturated carbocycles. The summed E-state index contributed by atoms with van der Waals surface area (Å²) in [5.41, 5.74) is 2.41. The van der Waals surface area contributed by atoms with E-state index in [-0.39, 0.29) is 36.1 Å². The lowest BCUT2D eigenvalue weighted by Gasteiger charge is -2.23. The van der Waals surface area contributed by atoms with Gasteiger partial charge in [-0.25, -0.2) is 4.39 Å². The van der Waals surface area contributed by atoms with E-state index in [1.807, 2.05) is 24.3 Å². The van der Waals surface area contributed by atoms with Crippen LogP contribution in [0.1, 0.15) is 38.3 Å². The van der Waals surface area contributed by atoms with E-state index in [1.165, 1.54) is 12.1 Å². The first-order chi connectivity index (χ1) is 13.4. The molecule has 2 aromatic carbocycles. The van der Waals surface area contributed by atoms with Gasteiger partial charge in [0.25, 0.3) is 0 Å². The highest BCUT2D eigenvalue weighted by Crippen LogP contribution is 2.24. The molecule has 3 rings (SSSR count). The molecule has 2 amide bonds. The highest BCUT2D eigenvalue weighted by atomic mass is 19.1. The molecular formula is C22H26FN3O2. The molecule has 28 heavy (non-hydrogen) atoms. The molecular weight excluding hydrogens is 357 g/mol. The van der Waals surface area contributed by atoms with E-state index in [0.29, 0.717) is 18.7 Å². The second-order valence-electron chi connectivity index (χ2n) is 7.40. The van der Waals surface area contributed by atoms with E-state index in [4.69, 9.17) is 0 Å². The van der Waals surface area contributed by atoms with Gasteiger partial charge in [-0.3, -0.25) is 9.59 Å². The highest BCUT2D eigenvalue weighted by molar-refractivity contribution is 5.97. The maximum Gasteiger partial charge on any atom is 0.238 e. The summed E-state index contributed by atoms with van der Waals surface area (Å²) in [7, 11) is 0. The smallest absolute Gasteiger partial charge is 0.238 e. The molecule has 1 aliphatic heterocycles. The van der Waals surface area contributed by atoms with Gasteiger partial charge in [-0.2, -0.15) is 0 Å². The first-order valence-corrected chi connectivity index (χ1v) is 9.63. The van der Waals surface area contributed by atoms with Crippen LogP contribution in [0.25, 0.3) is 0 Å². The monoisotopic (exact) mass is 383 g/mol. The zero-order valence-corrected chi connectivity index (χ0v) is 16.2. The van der Waals surface area contributed by atoms with E-state index >= 15 is 0 Å². The summed E-state index contributed by atoms with van der Waals surface area (Å²) in [6, 6.07) is 13.6. The number of halogens is 1. The summed E-state index contributed by atoms with van der Waals surface area (Å²) < 4.78 is 13.2. The van der Waals surface area contributed by atoms with Crippen molar-refractivity contribution in [2.75, 3.05) is 23.3 Å². The molecule has 1 atom stereocenters. The van der Waals surface area contributed by atoms with Gasteiger partial charge in [0.2, 0.25) is 11.8 Å². The van der Waals surface area contributed by atoms with Crippen LogP contribution < -0.4 is 15.5 Å². The van der Waals surface area contributed by atoms with Crippen LogP contribution in [0.5, 0.6) is 0 Å². The second kappa shape index (κ2) is 8.97. The lowest BCUT2D eigenvalue weighted by Crippen LogP contribution is -2.33. The molecule has 5 nitrogen and oxygen atoms in total. The summed E-state index contributed by atoms with van der Waals surface area (Å²) >= 11 is 0. The molecule has 0 aromatic heterocycles. The van der Waals surface area contributed by atoms with E-state index in [9.17, 15) is 14.0 Å². The van der Waals surface area contributed by atoms with E-state index < -0.39 is 0 Å². The summed E-state index contributed by atoms with van der Waals surface area (Å²) in [5, 5.41) is 6.13. The Bertz CT molecular complexity index is 836. The maximum atomic E-state index is 13.2. The number of anilines is 2. The number of carbonyl (C=O) groups excluding carboxylic acids is 2. The predicted molar refractivity (Wildman–Crippen MR) is 109 cm³/mol. The Morgan fingerprint density at radius 1 is 1.18 bits per heavy atom. The largest absolute Gasteiger partial charge is 0.325 e. The van der Waals surface area contributed by atoms with Crippen molar-refractivity contribution in [1.29, 1.82) is 0 Å². The molecule has 0 aliphatic carbocycles. The fraction of sp³-hybridized carbons (Fsp3) is 0.364. The minimum Gasteiger partial charge on any atom is -0.325 e. The average Bonchev–Trinajstić information content (AvgIpc) is 3.09. The minimum absolute atomic E-state index is 0.0556. The van der Waals surface area contributed by atoms with Crippen LogP contribution in [0.3, 0.4) is 0 Å². The maximum absolute atomic E-state index is 13.2. The molecule has 148 valence electrons. The van der Waals surface area contributed by atoms with Crippen molar-refractivity contribution in [1.82, 2.24) is 5.32 Å². The van der Waals surface area contributed by atoms with Crippen molar-refractivity contribution in [3.8, 4) is 0 Å². The van der Waals surface area contributed by atoms with Crippen molar-refractivity contribution < 1.29 is 14.0 Å². The van der Waals surface area contributed by atoms with Gasteiger partial charge in [0.15, 0.2) is 0 Å². The van der Waals surface area contributed by atoms with Crippen LogP contribution in [0.2, 0.25) is 0 Å². The van der Waals surface area contributed by atoms with Crippen LogP contribution in [0.4, 0.5) is 15.8 Å². The van der Waals surface area contributed by atoms with Gasteiger partial charge in [-0.15, -0.1) is 0 Å². The Morgan fingerprint density at radius 2 is 1.93 bits per heavy atom. The quantitative estimate of drug-likeness (QED) is 0.763. The van der Waals surface area contributed by atoms with Crippen LogP contribution in [-0.4, -0.2) is 24.9 Å². The van der Waals surface area contributed by atoms with Crippen molar-refractivity contribution in [3.63, 3.8) is 0 Å². The van der Waals surface area contributed by atoms with Gasteiger partial charge >= 0.3 is 0 Å². The van der Waals surface area contributed by atoms with Gasteiger partial charge in [-0.1, -0.05) is 32.0 Å². The van der Waals surface area contributed by atoms with Gasteiger partial charge in [0.1, 0.15) is 5.82 Å². The summed E-state index contributed by atoms with van der Waals surface area (Å²) in [5.74, 6) is -0.0926. The van der Waals surface area contributed by atoms with Gasteiger partial charge < -0.3 is 15.5 Å². The minimum atomic E-state index is -0.277. The number of carbonyl (C=O) groups is 2. The lowest BCUT2D eigenvalue weighted by atomic mass is 9.96. The summed E-state index contributed by atoms with van der Waals surface area (Å²) in [4.78, 5) is 26.1. The molecule has 2 N–H and O–H groups in total. The Hall–Kier alpha value is -2.73. The van der Waals surface area contributed by atoms with Crippen molar-refractivity contribution in [3.05, 3.63) is 59.9 Å². The number of rotatable bonds is 7. The Kier molecular flexibility index (Phi) is 6.41. The van der Waals surface area contributed by atoms with Crippen molar-refractivity contribution in [2.45, 2.75) is 32.7 Å². The topological polar surface area (TPSA) is 61.4 Å². The molecule has 2 aromatic rings. The van der Waals surface area contributed by atoms with Gasteiger partial charge in [0, 0.05) is 30.4 Å². The van der Waals surface area contributed by atoms with Crippen LogP contribution >= 0.6 is 0 Å². The molecule has 0 radical (unpaired) electrons. The number of amides is 2. The average molecular weight is 383 g/mol. The van der Waals surface area contributed by atoms with E-state index in [1.54, 1.807) is 17.0 Å². The summed E-state index contributed by atoms with van der Waals surface area (Å²) in [6.07, 6.45) is 1.43. The van der Waals surface area contributed by atoms with Crippen LogP contribution in [0, 0.1) is 11.7 Å². The number of nitrogens with zero attached hydrogens (tertiary/aromatic N) is 1. The third kappa shape index (κ3) is 4.95. The molecule has 1 heterocycles. The SMILES string of the molecule is CC(C)C(NCC(=O)Nc1cccc(N2CCCC2=O)c1)c1ccc(F)cc1. The first kappa shape index (κ1) is 20.0. The summed E-state index contributed by atoms with van der Waals surface area (Å²) in [6.45, 7) is 4.95. The Balaban J connectivity index is 1.60. The highest BCUT2D eigenvalue weighted by Gasteiger charge is 2.22. The first-order valence-electron chi connectivity index (χ1n) is 9.63. The molecule has 1 saturated heterocycles. The van der Waals surface area contributed by atoms with Crippen molar-refractivity contribution in [2.24, 2.45) is 5.92 Å². The number of hydrogen-bond acceptors (Lipinski definition) is 3. The third-order valence-corrected chi connectivity index (χ3v) is 4.89. The lowest BCUT2D eigenvalue weighted by molar-refractivity contribution is -0.117. The second-order valence-corrected chi connectivity index (χ2v) is 7.40. The standard InChI is InChI=1S/C22H26FN3O2/c1-15(2)22(16-8-10-17(23)11-9-16)24-14-20(27)25-18-5-3-6-19(13-18)26-12-4-7-21(26)28/h3,5-6,8-11,13,15,22,24H,4,7,12,14H2,1-2H3,(H,25,27). The third-order valence-electron chi connectivity index (χ3n) is 4.89. The predicted octanol–water partition coefficient (Wildman–Crippen LogP) is 3.88. The molecule has 6 heteroatoms. The van der Waals surface area contributed by atoms with Crippen LogP contribution in [-0.2, 0) is 9.59 Å². The van der Waals surface area contributed by atoms with Gasteiger partial charge in [-0.05, 0) is 48.2 Å². The normalized spacial score (nSPS) is 15.1. The zero-order valence-electron chi connectivity index (χ0n) is 16.2. The molecule has 1 fully saturated rings. The van der Waals surface area contributed by atoms with E-state index in [0.717, 1.165) is 17.7 Å². The van der Waals surface area contributed by atoms with Gasteiger partial charge in [0.05, 0.1) is 6.54 Å². The fourth-order valence-corrected chi connectivity index (χ4v) is 3.49. The van der Waals surface area contributed by atoms with Crippen LogP contribution in [0.15, 0.2) is 48.5 Å². The Morgan fingerprint density at radius 3 is 2.57 bits per heavy atom.